The Balaban J connectivity index is 1.89. The molecule has 0 saturated heterocycles. The first-order valence-corrected chi connectivity index (χ1v) is 8.23. The maximum absolute atomic E-state index is 12.3. The summed E-state index contributed by atoms with van der Waals surface area (Å²) in [5, 5.41) is 4.96. The number of carbonyl (C=O) groups is 1. The first-order chi connectivity index (χ1) is 10.7. The van der Waals surface area contributed by atoms with Crippen LogP contribution in [0.25, 0.3) is 0 Å². The van der Waals surface area contributed by atoms with Gasteiger partial charge >= 0.3 is 6.03 Å². The molecule has 0 bridgehead atoms. The van der Waals surface area contributed by atoms with Crippen molar-refractivity contribution >= 4 is 17.4 Å². The summed E-state index contributed by atoms with van der Waals surface area (Å²) < 4.78 is 5.36. The van der Waals surface area contributed by atoms with Crippen LogP contribution in [0.1, 0.15) is 24.3 Å². The number of pyridine rings is 1. The number of ether oxygens (including phenoxy) is 1. The zero-order valence-corrected chi connectivity index (χ0v) is 13.7. The van der Waals surface area contributed by atoms with Gasteiger partial charge < -0.3 is 15.0 Å². The number of urea groups is 1. The molecule has 0 aliphatic carbocycles. The van der Waals surface area contributed by atoms with E-state index in [1.807, 2.05) is 43.5 Å². The number of nitrogens with zero attached hydrogens (tertiary/aromatic N) is 2. The van der Waals surface area contributed by atoms with Gasteiger partial charge in [0.2, 0.25) is 5.88 Å². The van der Waals surface area contributed by atoms with Crippen LogP contribution in [0, 0.1) is 0 Å². The molecular formula is C16H21N3O2S. The Morgan fingerprint density at radius 1 is 1.41 bits per heavy atom. The van der Waals surface area contributed by atoms with Crippen LogP contribution >= 0.6 is 11.3 Å². The number of hydrogen-bond acceptors (Lipinski definition) is 4. The monoisotopic (exact) mass is 319 g/mol. The fourth-order valence-corrected chi connectivity index (χ4v) is 2.71. The molecule has 118 valence electrons. The molecule has 0 aliphatic heterocycles. The maximum atomic E-state index is 12.3. The van der Waals surface area contributed by atoms with Crippen LogP contribution < -0.4 is 10.1 Å². The van der Waals surface area contributed by atoms with Crippen LogP contribution in [0.4, 0.5) is 4.79 Å². The number of aromatic nitrogens is 1. The summed E-state index contributed by atoms with van der Waals surface area (Å²) in [5.74, 6) is 0.584. The van der Waals surface area contributed by atoms with Gasteiger partial charge in [0.15, 0.2) is 0 Å². The molecule has 2 amide bonds. The number of hydrogen-bond donors (Lipinski definition) is 1. The highest BCUT2D eigenvalue weighted by atomic mass is 32.1. The lowest BCUT2D eigenvalue weighted by atomic mass is 10.2. The molecule has 1 N–H and O–H groups in total. The SMILES string of the molecule is CCOc1cc(CNC(=O)N(CC)Cc2cccs2)ccn1. The fourth-order valence-electron chi connectivity index (χ4n) is 1.99. The standard InChI is InChI=1S/C16H21N3O2S/c1-3-19(12-14-6-5-9-22-14)16(20)18-11-13-7-8-17-15(10-13)21-4-2/h5-10H,3-4,11-12H2,1-2H3,(H,18,20). The molecule has 2 aromatic rings. The van der Waals surface area contributed by atoms with Crippen LogP contribution in [-0.4, -0.2) is 29.1 Å². The van der Waals surface area contributed by atoms with Crippen LogP contribution in [0.5, 0.6) is 5.88 Å². The molecule has 0 saturated carbocycles. The summed E-state index contributed by atoms with van der Waals surface area (Å²) in [7, 11) is 0. The number of nitrogens with one attached hydrogen (secondary N) is 1. The van der Waals surface area contributed by atoms with Crippen molar-refractivity contribution in [3.63, 3.8) is 0 Å². The van der Waals surface area contributed by atoms with Crippen LogP contribution in [0.3, 0.4) is 0 Å². The predicted octanol–water partition coefficient (Wildman–Crippen LogP) is 3.27. The summed E-state index contributed by atoms with van der Waals surface area (Å²) in [6.07, 6.45) is 1.69. The van der Waals surface area contributed by atoms with E-state index in [0.29, 0.717) is 32.1 Å². The highest BCUT2D eigenvalue weighted by Gasteiger charge is 2.12. The lowest BCUT2D eigenvalue weighted by molar-refractivity contribution is 0.198. The Morgan fingerprint density at radius 2 is 2.27 bits per heavy atom. The summed E-state index contributed by atoms with van der Waals surface area (Å²) in [6, 6.07) is 7.69. The van der Waals surface area contributed by atoms with Gasteiger partial charge in [-0.15, -0.1) is 11.3 Å². The van der Waals surface area contributed by atoms with E-state index in [1.165, 1.54) is 4.88 Å². The van der Waals surface area contributed by atoms with Gasteiger partial charge in [-0.2, -0.15) is 0 Å². The third kappa shape index (κ3) is 4.73. The van der Waals surface area contributed by atoms with Crippen molar-refractivity contribution in [2.45, 2.75) is 26.9 Å². The molecule has 5 nitrogen and oxygen atoms in total. The van der Waals surface area contributed by atoms with E-state index in [-0.39, 0.29) is 6.03 Å². The summed E-state index contributed by atoms with van der Waals surface area (Å²) in [6.45, 7) is 6.24. The van der Waals surface area contributed by atoms with Crippen molar-refractivity contribution < 1.29 is 9.53 Å². The van der Waals surface area contributed by atoms with Gasteiger partial charge in [-0.3, -0.25) is 0 Å². The van der Waals surface area contributed by atoms with Crippen molar-refractivity contribution in [2.75, 3.05) is 13.2 Å². The highest BCUT2D eigenvalue weighted by Crippen LogP contribution is 2.12. The molecule has 22 heavy (non-hydrogen) atoms. The number of carbonyl (C=O) groups excluding carboxylic acids is 1. The number of rotatable bonds is 7. The second-order valence-electron chi connectivity index (χ2n) is 4.69. The minimum absolute atomic E-state index is 0.0642. The van der Waals surface area contributed by atoms with Gasteiger partial charge in [0, 0.05) is 30.2 Å². The van der Waals surface area contributed by atoms with Gasteiger partial charge in [-0.1, -0.05) is 6.07 Å². The topological polar surface area (TPSA) is 54.5 Å². The zero-order valence-electron chi connectivity index (χ0n) is 12.9. The minimum Gasteiger partial charge on any atom is -0.478 e. The Bertz CT molecular complexity index is 587. The Morgan fingerprint density at radius 3 is 2.95 bits per heavy atom. The van der Waals surface area contributed by atoms with Gasteiger partial charge in [0.25, 0.3) is 0 Å². The number of thiophene rings is 1. The second-order valence-corrected chi connectivity index (χ2v) is 5.72. The van der Waals surface area contributed by atoms with E-state index in [0.717, 1.165) is 5.56 Å². The summed E-state index contributed by atoms with van der Waals surface area (Å²) in [4.78, 5) is 19.3. The van der Waals surface area contributed by atoms with E-state index in [4.69, 9.17) is 4.74 Å². The van der Waals surface area contributed by atoms with Gasteiger partial charge in [-0.25, -0.2) is 9.78 Å². The molecule has 2 rings (SSSR count). The Hall–Kier alpha value is -2.08. The predicted molar refractivity (Wildman–Crippen MR) is 88.0 cm³/mol. The van der Waals surface area contributed by atoms with Crippen LogP contribution in [0.2, 0.25) is 0 Å². The van der Waals surface area contributed by atoms with Crippen molar-refractivity contribution in [3.8, 4) is 5.88 Å². The van der Waals surface area contributed by atoms with E-state index in [2.05, 4.69) is 10.3 Å². The normalized spacial score (nSPS) is 10.3. The van der Waals surface area contributed by atoms with Crippen molar-refractivity contribution in [2.24, 2.45) is 0 Å². The molecule has 6 heteroatoms. The van der Waals surface area contributed by atoms with Gasteiger partial charge in [0.05, 0.1) is 13.2 Å². The van der Waals surface area contributed by atoms with Crippen LogP contribution in [-0.2, 0) is 13.1 Å². The van der Waals surface area contributed by atoms with E-state index < -0.39 is 0 Å². The van der Waals surface area contributed by atoms with Crippen molar-refractivity contribution in [1.82, 2.24) is 15.2 Å². The third-order valence-electron chi connectivity index (χ3n) is 3.13. The molecule has 2 heterocycles. The molecule has 0 atom stereocenters. The highest BCUT2D eigenvalue weighted by molar-refractivity contribution is 7.09. The number of amides is 2. The van der Waals surface area contributed by atoms with Crippen molar-refractivity contribution in [1.29, 1.82) is 0 Å². The van der Waals surface area contributed by atoms with E-state index >= 15 is 0 Å². The first kappa shape index (κ1) is 16.3. The Labute approximate surface area is 134 Å². The second kappa shape index (κ2) is 8.38. The summed E-state index contributed by atoms with van der Waals surface area (Å²) in [5.41, 5.74) is 0.971. The minimum atomic E-state index is -0.0642. The molecule has 0 aliphatic rings. The first-order valence-electron chi connectivity index (χ1n) is 7.35. The molecule has 2 aromatic heterocycles. The smallest absolute Gasteiger partial charge is 0.317 e. The summed E-state index contributed by atoms with van der Waals surface area (Å²) >= 11 is 1.66. The van der Waals surface area contributed by atoms with Gasteiger partial charge in [-0.05, 0) is 36.9 Å². The molecular weight excluding hydrogens is 298 g/mol. The maximum Gasteiger partial charge on any atom is 0.317 e. The lowest BCUT2D eigenvalue weighted by Gasteiger charge is -2.20. The third-order valence-corrected chi connectivity index (χ3v) is 3.99. The zero-order chi connectivity index (χ0) is 15.8. The molecule has 0 aromatic carbocycles. The average Bonchev–Trinajstić information content (AvgIpc) is 3.04. The quantitative estimate of drug-likeness (QED) is 0.852. The van der Waals surface area contributed by atoms with Crippen LogP contribution in [0.15, 0.2) is 35.8 Å². The molecule has 0 radical (unpaired) electrons. The largest absolute Gasteiger partial charge is 0.478 e. The van der Waals surface area contributed by atoms with Crippen molar-refractivity contribution in [3.05, 3.63) is 46.3 Å². The Kier molecular flexibility index (Phi) is 6.21. The van der Waals surface area contributed by atoms with E-state index in [1.54, 1.807) is 22.4 Å². The van der Waals surface area contributed by atoms with Gasteiger partial charge in [0.1, 0.15) is 0 Å². The lowest BCUT2D eigenvalue weighted by Crippen LogP contribution is -2.38. The molecule has 0 spiro atoms. The fraction of sp³-hybridized carbons (Fsp3) is 0.375. The average molecular weight is 319 g/mol. The molecule has 0 fully saturated rings. The van der Waals surface area contributed by atoms with E-state index in [9.17, 15) is 4.79 Å². The molecule has 0 unspecified atom stereocenters.